The van der Waals surface area contributed by atoms with Crippen LogP contribution >= 0.6 is 0 Å². The zero-order valence-corrected chi connectivity index (χ0v) is 15.8. The van der Waals surface area contributed by atoms with Crippen molar-refractivity contribution >= 4 is 23.4 Å². The van der Waals surface area contributed by atoms with Gasteiger partial charge in [0.15, 0.2) is 0 Å². The van der Waals surface area contributed by atoms with Gasteiger partial charge in [-0.1, -0.05) is 54.6 Å². The van der Waals surface area contributed by atoms with Gasteiger partial charge in [0, 0.05) is 0 Å². The molecule has 0 spiro atoms. The summed E-state index contributed by atoms with van der Waals surface area (Å²) >= 11 is 0. The molecule has 0 radical (unpaired) electrons. The predicted octanol–water partition coefficient (Wildman–Crippen LogP) is 5.17. The smallest absolute Gasteiger partial charge is 0.280 e. The van der Waals surface area contributed by atoms with Crippen LogP contribution in [-0.4, -0.2) is 18.7 Å². The standard InChI is InChI=1S/C24H20N2O2/c1-17-23(24(27)26(25-17)21-12-14-22(28-2)15-13-21)16-18-8-10-20(11-9-18)19-6-4-3-5-7-19/h3-16H,1-2H3/b23-16-. The Morgan fingerprint density at radius 3 is 2.14 bits per heavy atom. The second kappa shape index (κ2) is 7.53. The van der Waals surface area contributed by atoms with Gasteiger partial charge in [-0.2, -0.15) is 10.1 Å². The van der Waals surface area contributed by atoms with Gasteiger partial charge in [0.05, 0.1) is 24.1 Å². The van der Waals surface area contributed by atoms with Crippen LogP contribution < -0.4 is 9.75 Å². The van der Waals surface area contributed by atoms with Gasteiger partial charge in [0.1, 0.15) is 5.75 Å². The number of ether oxygens (including phenoxy) is 1. The van der Waals surface area contributed by atoms with Crippen LogP contribution in [-0.2, 0) is 4.79 Å². The molecule has 138 valence electrons. The highest BCUT2D eigenvalue weighted by atomic mass is 16.5. The highest BCUT2D eigenvalue weighted by Gasteiger charge is 2.28. The third kappa shape index (κ3) is 3.45. The Hall–Kier alpha value is -3.66. The average molecular weight is 368 g/mol. The molecule has 1 aliphatic rings. The van der Waals surface area contributed by atoms with Crippen LogP contribution in [0.1, 0.15) is 12.5 Å². The van der Waals surface area contributed by atoms with Crippen LogP contribution in [0.25, 0.3) is 17.2 Å². The second-order valence-electron chi connectivity index (χ2n) is 6.55. The van der Waals surface area contributed by atoms with Crippen LogP contribution in [0.3, 0.4) is 0 Å². The van der Waals surface area contributed by atoms with Crippen molar-refractivity contribution in [3.05, 3.63) is 90.0 Å². The molecule has 0 atom stereocenters. The summed E-state index contributed by atoms with van der Waals surface area (Å²) < 4.78 is 5.17. The monoisotopic (exact) mass is 368 g/mol. The van der Waals surface area contributed by atoms with Crippen molar-refractivity contribution in [3.63, 3.8) is 0 Å². The number of amides is 1. The number of benzene rings is 3. The Bertz CT molecular complexity index is 1050. The number of hydrogen-bond acceptors (Lipinski definition) is 3. The summed E-state index contributed by atoms with van der Waals surface area (Å²) in [4.78, 5) is 12.9. The van der Waals surface area contributed by atoms with Crippen LogP contribution in [0.2, 0.25) is 0 Å². The Labute approximate surface area is 164 Å². The number of anilines is 1. The van der Waals surface area contributed by atoms with Gasteiger partial charge in [-0.3, -0.25) is 4.79 Å². The Kier molecular flexibility index (Phi) is 4.77. The van der Waals surface area contributed by atoms with Gasteiger partial charge in [0.2, 0.25) is 0 Å². The molecule has 0 aromatic heterocycles. The molecule has 4 nitrogen and oxygen atoms in total. The number of carbonyl (C=O) groups excluding carboxylic acids is 1. The first-order chi connectivity index (χ1) is 13.7. The fourth-order valence-electron chi connectivity index (χ4n) is 3.15. The lowest BCUT2D eigenvalue weighted by molar-refractivity contribution is -0.114. The number of rotatable bonds is 4. The number of hydrogen-bond donors (Lipinski definition) is 0. The molecule has 3 aromatic carbocycles. The van der Waals surface area contributed by atoms with Gasteiger partial charge >= 0.3 is 0 Å². The van der Waals surface area contributed by atoms with E-state index in [9.17, 15) is 4.79 Å². The predicted molar refractivity (Wildman–Crippen MR) is 113 cm³/mol. The molecule has 0 fully saturated rings. The van der Waals surface area contributed by atoms with Gasteiger partial charge in [0.25, 0.3) is 5.91 Å². The van der Waals surface area contributed by atoms with E-state index in [1.807, 2.05) is 67.6 Å². The molecule has 1 aliphatic heterocycles. The maximum atomic E-state index is 12.9. The second-order valence-corrected chi connectivity index (χ2v) is 6.55. The fraction of sp³-hybridized carbons (Fsp3) is 0.0833. The van der Waals surface area contributed by atoms with Crippen LogP contribution in [0.4, 0.5) is 5.69 Å². The normalized spacial score (nSPS) is 15.1. The average Bonchev–Trinajstić information content (AvgIpc) is 3.03. The molecular weight excluding hydrogens is 348 g/mol. The van der Waals surface area contributed by atoms with E-state index >= 15 is 0 Å². The van der Waals surface area contributed by atoms with E-state index in [-0.39, 0.29) is 5.91 Å². The highest BCUT2D eigenvalue weighted by molar-refractivity contribution is 6.32. The number of hydrazone groups is 1. The first-order valence-electron chi connectivity index (χ1n) is 9.07. The lowest BCUT2D eigenvalue weighted by Gasteiger charge is -2.12. The van der Waals surface area contributed by atoms with Crippen molar-refractivity contribution in [1.29, 1.82) is 0 Å². The topological polar surface area (TPSA) is 41.9 Å². The molecular formula is C24H20N2O2. The summed E-state index contributed by atoms with van der Waals surface area (Å²) in [6.45, 7) is 1.85. The molecule has 1 amide bonds. The largest absolute Gasteiger partial charge is 0.497 e. The Morgan fingerprint density at radius 1 is 0.857 bits per heavy atom. The molecule has 4 rings (SSSR count). The summed E-state index contributed by atoms with van der Waals surface area (Å²) in [6.07, 6.45) is 1.89. The molecule has 3 aromatic rings. The van der Waals surface area contributed by atoms with Crippen molar-refractivity contribution in [3.8, 4) is 16.9 Å². The lowest BCUT2D eigenvalue weighted by atomic mass is 10.0. The minimum Gasteiger partial charge on any atom is -0.497 e. The van der Waals surface area contributed by atoms with E-state index in [1.54, 1.807) is 7.11 Å². The summed E-state index contributed by atoms with van der Waals surface area (Å²) in [5, 5.41) is 5.86. The molecule has 0 N–H and O–H groups in total. The lowest BCUT2D eigenvalue weighted by Crippen LogP contribution is -2.21. The van der Waals surface area contributed by atoms with E-state index in [2.05, 4.69) is 29.4 Å². The number of nitrogens with zero attached hydrogens (tertiary/aromatic N) is 2. The molecule has 0 unspecified atom stereocenters. The first kappa shape index (κ1) is 17.7. The molecule has 0 saturated carbocycles. The van der Waals surface area contributed by atoms with Crippen LogP contribution in [0, 0.1) is 0 Å². The zero-order chi connectivity index (χ0) is 19.5. The number of methoxy groups -OCH3 is 1. The minimum absolute atomic E-state index is 0.130. The molecule has 1 heterocycles. The van der Waals surface area contributed by atoms with Gasteiger partial charge in [-0.05, 0) is 54.0 Å². The molecule has 0 bridgehead atoms. The maximum absolute atomic E-state index is 12.9. The van der Waals surface area contributed by atoms with Crippen molar-refractivity contribution in [2.75, 3.05) is 12.1 Å². The van der Waals surface area contributed by atoms with E-state index in [4.69, 9.17) is 4.74 Å². The van der Waals surface area contributed by atoms with E-state index in [0.717, 1.165) is 16.9 Å². The van der Waals surface area contributed by atoms with E-state index < -0.39 is 0 Å². The summed E-state index contributed by atoms with van der Waals surface area (Å²) in [6, 6.07) is 25.7. The maximum Gasteiger partial charge on any atom is 0.280 e. The molecule has 0 saturated heterocycles. The van der Waals surface area contributed by atoms with E-state index in [0.29, 0.717) is 17.0 Å². The van der Waals surface area contributed by atoms with Crippen LogP contribution in [0.5, 0.6) is 5.75 Å². The van der Waals surface area contributed by atoms with Gasteiger partial charge < -0.3 is 4.74 Å². The quantitative estimate of drug-likeness (QED) is 0.596. The third-order valence-corrected chi connectivity index (χ3v) is 4.71. The zero-order valence-electron chi connectivity index (χ0n) is 15.8. The highest BCUT2D eigenvalue weighted by Crippen LogP contribution is 2.27. The van der Waals surface area contributed by atoms with Crippen molar-refractivity contribution in [2.45, 2.75) is 6.92 Å². The number of carbonyl (C=O) groups is 1. The Morgan fingerprint density at radius 2 is 1.50 bits per heavy atom. The molecule has 4 heteroatoms. The van der Waals surface area contributed by atoms with Crippen LogP contribution in [0.15, 0.2) is 89.5 Å². The van der Waals surface area contributed by atoms with Crippen molar-refractivity contribution in [1.82, 2.24) is 0 Å². The minimum atomic E-state index is -0.130. The first-order valence-corrected chi connectivity index (χ1v) is 9.07. The van der Waals surface area contributed by atoms with Gasteiger partial charge in [-0.25, -0.2) is 0 Å². The molecule has 28 heavy (non-hydrogen) atoms. The molecule has 0 aliphatic carbocycles. The van der Waals surface area contributed by atoms with Crippen molar-refractivity contribution in [2.24, 2.45) is 5.10 Å². The summed E-state index contributed by atoms with van der Waals surface area (Å²) in [5.41, 5.74) is 5.30. The van der Waals surface area contributed by atoms with E-state index in [1.165, 1.54) is 10.6 Å². The third-order valence-electron chi connectivity index (χ3n) is 4.71. The fourth-order valence-corrected chi connectivity index (χ4v) is 3.15. The summed E-state index contributed by atoms with van der Waals surface area (Å²) in [7, 11) is 1.61. The van der Waals surface area contributed by atoms with Gasteiger partial charge in [-0.15, -0.1) is 0 Å². The van der Waals surface area contributed by atoms with Crippen molar-refractivity contribution < 1.29 is 9.53 Å². The summed E-state index contributed by atoms with van der Waals surface area (Å²) in [5.74, 6) is 0.611. The Balaban J connectivity index is 1.58. The SMILES string of the molecule is COc1ccc(N2N=C(C)/C(=C/c3ccc(-c4ccccc4)cc3)C2=O)cc1.